The molecule has 13 aromatic rings. The van der Waals surface area contributed by atoms with Gasteiger partial charge in [-0.2, -0.15) is 26.3 Å². The van der Waals surface area contributed by atoms with Crippen LogP contribution in [0.5, 0.6) is 0 Å². The van der Waals surface area contributed by atoms with Gasteiger partial charge in [-0.15, -0.1) is 0 Å². The lowest BCUT2D eigenvalue weighted by Crippen LogP contribution is -2.28. The first-order valence-corrected chi connectivity index (χ1v) is 26.8. The fraction of sp³-hybridized carbons (Fsp3) is 0.0857. The average molecular weight is 1060 g/mol. The van der Waals surface area contributed by atoms with Crippen molar-refractivity contribution in [1.29, 1.82) is 0 Å². The minimum atomic E-state index is -4.61. The van der Waals surface area contributed by atoms with E-state index in [2.05, 4.69) is 134 Å². The first-order chi connectivity index (χ1) is 39.0. The third kappa shape index (κ3) is 7.03. The lowest BCUT2D eigenvalue weighted by molar-refractivity contribution is -0.138. The molecular formula is C70H46F6N4. The summed E-state index contributed by atoms with van der Waals surface area (Å²) in [6.07, 6.45) is -0.161. The standard InChI is InChI=1S/C70H46F6N4/c1-2-48-63(42-29-33-44(34-30-42)69(71,72)73)61(79-55-25-13-9-21-49(55)51-37-39-59-65(67(51)79)53-23-11-15-27-57(53)77(59)46-17-5-3-6-18-46)41-62(64(48)43-31-35-45(36-32-43)70(74,75)76)80-56-26-14-10-22-50(56)52-38-40-60-66(68(52)80)54-24-12-16-28-58(54)78(60)47-19-7-4-8-20-47/h3-41,53,57H,2H2,1H3. The predicted molar refractivity (Wildman–Crippen MR) is 313 cm³/mol. The summed E-state index contributed by atoms with van der Waals surface area (Å²) in [5, 5.41) is 5.96. The van der Waals surface area contributed by atoms with Crippen LogP contribution in [0.1, 0.15) is 35.1 Å². The molecule has 80 heavy (non-hydrogen) atoms. The van der Waals surface area contributed by atoms with Crippen molar-refractivity contribution in [3.8, 4) is 39.3 Å². The molecule has 2 aliphatic rings. The normalized spacial score (nSPS) is 15.4. The molecule has 0 fully saturated rings. The largest absolute Gasteiger partial charge is 0.416 e. The molecule has 0 bridgehead atoms. The molecule has 1 aliphatic heterocycles. The second kappa shape index (κ2) is 17.7. The quantitative estimate of drug-likeness (QED) is 0.146. The number of rotatable bonds is 7. The number of fused-ring (bicyclic) bond motifs is 14. The maximum Gasteiger partial charge on any atom is 0.416 e. The number of nitrogens with zero attached hydrogens (tertiary/aromatic N) is 4. The number of para-hydroxylation sites is 5. The van der Waals surface area contributed by atoms with Gasteiger partial charge in [0.1, 0.15) is 0 Å². The van der Waals surface area contributed by atoms with E-state index in [1.165, 1.54) is 12.1 Å². The monoisotopic (exact) mass is 1060 g/mol. The molecule has 1 aliphatic carbocycles. The van der Waals surface area contributed by atoms with Gasteiger partial charge in [0.2, 0.25) is 0 Å². The minimum Gasteiger partial charge on any atom is -0.333 e. The molecule has 3 aromatic heterocycles. The van der Waals surface area contributed by atoms with E-state index in [1.807, 2.05) is 79.7 Å². The lowest BCUT2D eigenvalue weighted by atomic mass is 9.86. The second-order valence-electron chi connectivity index (χ2n) is 20.8. The van der Waals surface area contributed by atoms with Gasteiger partial charge in [-0.1, -0.05) is 159 Å². The zero-order chi connectivity index (χ0) is 54.2. The summed E-state index contributed by atoms with van der Waals surface area (Å²) >= 11 is 0. The Morgan fingerprint density at radius 1 is 0.400 bits per heavy atom. The predicted octanol–water partition coefficient (Wildman–Crippen LogP) is 19.6. The zero-order valence-corrected chi connectivity index (χ0v) is 42.9. The van der Waals surface area contributed by atoms with Gasteiger partial charge < -0.3 is 18.6 Å². The van der Waals surface area contributed by atoms with Gasteiger partial charge in [0.25, 0.3) is 0 Å². The number of allylic oxidation sites excluding steroid dienone is 2. The highest BCUT2D eigenvalue weighted by atomic mass is 19.4. The van der Waals surface area contributed by atoms with Crippen molar-refractivity contribution in [3.63, 3.8) is 0 Å². The van der Waals surface area contributed by atoms with E-state index in [1.54, 1.807) is 12.1 Å². The van der Waals surface area contributed by atoms with E-state index in [0.29, 0.717) is 40.0 Å². The molecule has 0 N–H and O–H groups in total. The fourth-order valence-electron chi connectivity index (χ4n) is 13.4. The highest BCUT2D eigenvalue weighted by Gasteiger charge is 2.41. The number of alkyl halides is 6. The summed E-state index contributed by atoms with van der Waals surface area (Å²) < 4.78 is 94.5. The van der Waals surface area contributed by atoms with Gasteiger partial charge in [-0.05, 0) is 108 Å². The van der Waals surface area contributed by atoms with Gasteiger partial charge in [0.15, 0.2) is 0 Å². The van der Waals surface area contributed by atoms with Crippen LogP contribution in [0.15, 0.2) is 237 Å². The summed E-state index contributed by atoms with van der Waals surface area (Å²) in [5.74, 6) is -0.0967. The van der Waals surface area contributed by atoms with Gasteiger partial charge >= 0.3 is 12.4 Å². The van der Waals surface area contributed by atoms with E-state index in [0.717, 1.165) is 118 Å². The Morgan fingerprint density at radius 2 is 0.875 bits per heavy atom. The lowest BCUT2D eigenvalue weighted by Gasteiger charge is -2.28. The van der Waals surface area contributed by atoms with Crippen LogP contribution < -0.4 is 4.90 Å². The number of anilines is 2. The van der Waals surface area contributed by atoms with Crippen molar-refractivity contribution in [2.24, 2.45) is 0 Å². The van der Waals surface area contributed by atoms with Gasteiger partial charge in [0, 0.05) is 72.0 Å². The van der Waals surface area contributed by atoms with E-state index in [-0.39, 0.29) is 12.0 Å². The number of aromatic nitrogens is 3. The molecule has 0 saturated heterocycles. The van der Waals surface area contributed by atoms with Crippen LogP contribution in [0.2, 0.25) is 0 Å². The molecule has 4 heterocycles. The Kier molecular flexibility index (Phi) is 10.6. The molecule has 388 valence electrons. The number of halogens is 6. The highest BCUT2D eigenvalue weighted by molar-refractivity contribution is 6.26. The molecule has 4 nitrogen and oxygen atoms in total. The van der Waals surface area contributed by atoms with Crippen molar-refractivity contribution in [1.82, 2.24) is 13.7 Å². The third-order valence-electron chi connectivity index (χ3n) is 16.6. The maximum atomic E-state index is 14.6. The van der Waals surface area contributed by atoms with Crippen LogP contribution in [-0.4, -0.2) is 19.7 Å². The topological polar surface area (TPSA) is 18.0 Å². The fourth-order valence-corrected chi connectivity index (χ4v) is 13.4. The Hall–Kier alpha value is -9.54. The number of hydrogen-bond acceptors (Lipinski definition) is 1. The van der Waals surface area contributed by atoms with Crippen molar-refractivity contribution in [2.45, 2.75) is 37.7 Å². The Balaban J connectivity index is 1.16. The number of hydrogen-bond donors (Lipinski definition) is 0. The van der Waals surface area contributed by atoms with Crippen LogP contribution in [-0.2, 0) is 18.8 Å². The zero-order valence-electron chi connectivity index (χ0n) is 42.9. The van der Waals surface area contributed by atoms with Crippen molar-refractivity contribution >= 4 is 76.8 Å². The van der Waals surface area contributed by atoms with E-state index >= 15 is 0 Å². The van der Waals surface area contributed by atoms with Gasteiger partial charge in [-0.3, -0.25) is 0 Å². The van der Waals surface area contributed by atoms with Crippen molar-refractivity contribution in [3.05, 3.63) is 259 Å². The van der Waals surface area contributed by atoms with Gasteiger partial charge in [-0.25, -0.2) is 0 Å². The van der Waals surface area contributed by atoms with E-state index in [4.69, 9.17) is 0 Å². The first-order valence-electron chi connectivity index (χ1n) is 26.8. The summed E-state index contributed by atoms with van der Waals surface area (Å²) in [5.41, 5.74) is 12.7. The SMILES string of the molecule is CCc1c(-c2ccc(C(F)(F)F)cc2)c(-n2c3ccccc3c3ccc4c(c32)C2C=CC=CC2N4c2ccccc2)cc(-n2c3ccccc3c3ccc4c(c5ccccc5n4-c4ccccc4)c32)c1-c1ccc(C(F)(F)F)cc1. The summed E-state index contributed by atoms with van der Waals surface area (Å²) in [4.78, 5) is 2.39. The molecule has 2 atom stereocenters. The van der Waals surface area contributed by atoms with Crippen LogP contribution in [0, 0.1) is 0 Å². The Morgan fingerprint density at radius 3 is 1.44 bits per heavy atom. The van der Waals surface area contributed by atoms with Gasteiger partial charge in [0.05, 0.1) is 61.6 Å². The summed E-state index contributed by atoms with van der Waals surface area (Å²) in [7, 11) is 0. The molecule has 15 rings (SSSR count). The van der Waals surface area contributed by atoms with Crippen LogP contribution in [0.4, 0.5) is 37.7 Å². The molecule has 10 aromatic carbocycles. The van der Waals surface area contributed by atoms with Crippen LogP contribution in [0.3, 0.4) is 0 Å². The maximum absolute atomic E-state index is 14.6. The Labute approximate surface area is 455 Å². The molecule has 0 amide bonds. The third-order valence-corrected chi connectivity index (χ3v) is 16.6. The number of benzene rings is 10. The van der Waals surface area contributed by atoms with E-state index in [9.17, 15) is 26.3 Å². The highest BCUT2D eigenvalue weighted by Crippen LogP contribution is 2.55. The average Bonchev–Trinajstić information content (AvgIpc) is 4.38. The minimum absolute atomic E-state index is 0.0642. The summed E-state index contributed by atoms with van der Waals surface area (Å²) in [6.45, 7) is 2.02. The molecular weight excluding hydrogens is 1010 g/mol. The molecule has 2 unspecified atom stereocenters. The molecule has 0 saturated carbocycles. The first kappa shape index (κ1) is 47.7. The van der Waals surface area contributed by atoms with Crippen molar-refractivity contribution < 1.29 is 26.3 Å². The second-order valence-corrected chi connectivity index (χ2v) is 20.8. The van der Waals surface area contributed by atoms with Crippen LogP contribution >= 0.6 is 0 Å². The van der Waals surface area contributed by atoms with E-state index < -0.39 is 23.5 Å². The molecule has 0 radical (unpaired) electrons. The van der Waals surface area contributed by atoms with Crippen molar-refractivity contribution in [2.75, 3.05) is 4.90 Å². The Bertz CT molecular complexity index is 4710. The molecule has 0 spiro atoms. The van der Waals surface area contributed by atoms with Crippen LogP contribution in [0.25, 0.3) is 105 Å². The smallest absolute Gasteiger partial charge is 0.333 e. The summed E-state index contributed by atoms with van der Waals surface area (Å²) in [6, 6.07) is 67.0. The molecule has 10 heteroatoms.